The fraction of sp³-hybridized carbons (Fsp3) is 0.875. The molecule has 3 N–H and O–H groups in total. The summed E-state index contributed by atoms with van der Waals surface area (Å²) in [6.07, 6.45) is 5.99. The highest BCUT2D eigenvalue weighted by atomic mass is 16.3. The zero-order valence-corrected chi connectivity index (χ0v) is 13.6. The van der Waals surface area contributed by atoms with Crippen LogP contribution in [0.25, 0.3) is 0 Å². The van der Waals surface area contributed by atoms with Crippen molar-refractivity contribution < 1.29 is 14.7 Å². The van der Waals surface area contributed by atoms with E-state index in [9.17, 15) is 14.7 Å². The summed E-state index contributed by atoms with van der Waals surface area (Å²) in [6.45, 7) is 4.27. The zero-order chi connectivity index (χ0) is 16.0. The Hall–Kier alpha value is -1.30. The smallest absolute Gasteiger partial charge is 0.317 e. The third-order valence-corrected chi connectivity index (χ3v) is 4.92. The molecular formula is C16H29N3O3. The number of carbonyl (C=O) groups is 2. The Morgan fingerprint density at radius 1 is 1.23 bits per heavy atom. The van der Waals surface area contributed by atoms with Crippen LogP contribution in [0.2, 0.25) is 0 Å². The molecule has 2 atom stereocenters. The molecule has 22 heavy (non-hydrogen) atoms. The first-order valence-corrected chi connectivity index (χ1v) is 8.57. The van der Waals surface area contributed by atoms with Crippen LogP contribution in [0.5, 0.6) is 0 Å². The predicted octanol–water partition coefficient (Wildman–Crippen LogP) is 1.24. The normalized spacial score (nSPS) is 27.9. The number of carbonyl (C=O) groups excluding carboxylic acids is 2. The van der Waals surface area contributed by atoms with Crippen molar-refractivity contribution in [1.82, 2.24) is 15.5 Å². The van der Waals surface area contributed by atoms with E-state index in [1.54, 1.807) is 4.90 Å². The largest absolute Gasteiger partial charge is 0.389 e. The van der Waals surface area contributed by atoms with Crippen molar-refractivity contribution in [3.63, 3.8) is 0 Å². The summed E-state index contributed by atoms with van der Waals surface area (Å²) in [5, 5.41) is 16.2. The molecule has 1 saturated heterocycles. The van der Waals surface area contributed by atoms with E-state index >= 15 is 0 Å². The van der Waals surface area contributed by atoms with E-state index in [2.05, 4.69) is 10.6 Å². The topological polar surface area (TPSA) is 81.7 Å². The van der Waals surface area contributed by atoms with E-state index in [0.717, 1.165) is 32.1 Å². The van der Waals surface area contributed by atoms with Crippen LogP contribution in [0.3, 0.4) is 0 Å². The molecule has 2 fully saturated rings. The minimum absolute atomic E-state index is 0.0255. The minimum Gasteiger partial charge on any atom is -0.389 e. The van der Waals surface area contributed by atoms with Crippen molar-refractivity contribution in [2.45, 2.75) is 57.5 Å². The van der Waals surface area contributed by atoms with E-state index in [4.69, 9.17) is 0 Å². The second kappa shape index (κ2) is 7.81. The van der Waals surface area contributed by atoms with Gasteiger partial charge in [0.05, 0.1) is 5.60 Å². The summed E-state index contributed by atoms with van der Waals surface area (Å²) in [4.78, 5) is 25.4. The van der Waals surface area contributed by atoms with Gasteiger partial charge in [-0.2, -0.15) is 0 Å². The van der Waals surface area contributed by atoms with Gasteiger partial charge in [0.25, 0.3) is 0 Å². The minimum atomic E-state index is -0.560. The Labute approximate surface area is 132 Å². The molecule has 0 unspecified atom stereocenters. The van der Waals surface area contributed by atoms with Crippen molar-refractivity contribution in [2.75, 3.05) is 26.2 Å². The van der Waals surface area contributed by atoms with Crippen LogP contribution in [-0.2, 0) is 4.79 Å². The maximum absolute atomic E-state index is 12.2. The number of urea groups is 1. The number of hydrogen-bond acceptors (Lipinski definition) is 3. The first kappa shape index (κ1) is 17.1. The lowest BCUT2D eigenvalue weighted by Crippen LogP contribution is -2.56. The average Bonchev–Trinajstić information content (AvgIpc) is 2.51. The number of nitrogens with one attached hydrogen (secondary N) is 2. The standard InChI is InChI=1S/C16H29N3O3/c1-2-9-17-14(20)6-10-18-15(21)19-11-8-16(22)7-4-3-5-13(16)12-19/h13,22H,2-12H2,1H3,(H,17,20)(H,18,21)/t13-,16-/m1/s1. The van der Waals surface area contributed by atoms with Gasteiger partial charge in [0.2, 0.25) is 5.91 Å². The van der Waals surface area contributed by atoms with E-state index in [1.165, 1.54) is 0 Å². The molecule has 0 aromatic heterocycles. The summed E-state index contributed by atoms with van der Waals surface area (Å²) in [5.74, 6) is 0.177. The number of amides is 3. The van der Waals surface area contributed by atoms with Crippen molar-refractivity contribution in [3.8, 4) is 0 Å². The Bertz CT molecular complexity index is 402. The molecule has 0 radical (unpaired) electrons. The molecule has 1 saturated carbocycles. The molecule has 3 amide bonds. The highest BCUT2D eigenvalue weighted by Gasteiger charge is 2.43. The first-order chi connectivity index (χ1) is 10.5. The molecule has 0 bridgehead atoms. The van der Waals surface area contributed by atoms with Gasteiger partial charge in [0, 0.05) is 38.5 Å². The summed E-state index contributed by atoms with van der Waals surface area (Å²) >= 11 is 0. The number of rotatable bonds is 5. The van der Waals surface area contributed by atoms with Gasteiger partial charge in [-0.3, -0.25) is 4.79 Å². The van der Waals surface area contributed by atoms with E-state index < -0.39 is 5.60 Å². The summed E-state index contributed by atoms with van der Waals surface area (Å²) < 4.78 is 0. The van der Waals surface area contributed by atoms with Crippen LogP contribution < -0.4 is 10.6 Å². The van der Waals surface area contributed by atoms with Gasteiger partial charge in [0.15, 0.2) is 0 Å². The number of piperidine rings is 1. The van der Waals surface area contributed by atoms with Gasteiger partial charge in [-0.25, -0.2) is 4.79 Å². The lowest BCUT2D eigenvalue weighted by Gasteiger charge is -2.47. The molecule has 2 aliphatic rings. The van der Waals surface area contributed by atoms with Gasteiger partial charge < -0.3 is 20.6 Å². The van der Waals surface area contributed by atoms with Crippen molar-refractivity contribution >= 4 is 11.9 Å². The SMILES string of the molecule is CCCNC(=O)CCNC(=O)N1CC[C@]2(O)CCCC[C@@H]2C1. The number of nitrogens with zero attached hydrogens (tertiary/aromatic N) is 1. The van der Waals surface area contributed by atoms with E-state index in [1.807, 2.05) is 6.92 Å². The molecule has 0 aromatic carbocycles. The maximum Gasteiger partial charge on any atom is 0.317 e. The molecule has 6 nitrogen and oxygen atoms in total. The number of likely N-dealkylation sites (tertiary alicyclic amines) is 1. The van der Waals surface area contributed by atoms with Crippen LogP contribution in [0.1, 0.15) is 51.9 Å². The Morgan fingerprint density at radius 2 is 2.05 bits per heavy atom. The Balaban J connectivity index is 1.71. The number of aliphatic hydroxyl groups is 1. The molecule has 6 heteroatoms. The highest BCUT2D eigenvalue weighted by molar-refractivity contribution is 5.78. The van der Waals surface area contributed by atoms with Gasteiger partial charge in [-0.1, -0.05) is 19.8 Å². The van der Waals surface area contributed by atoms with Gasteiger partial charge in [-0.15, -0.1) is 0 Å². The lowest BCUT2D eigenvalue weighted by molar-refractivity contribution is -0.120. The monoisotopic (exact) mass is 311 g/mol. The van der Waals surface area contributed by atoms with E-state index in [-0.39, 0.29) is 17.9 Å². The highest BCUT2D eigenvalue weighted by Crippen LogP contribution is 2.39. The molecule has 1 aliphatic carbocycles. The molecule has 126 valence electrons. The van der Waals surface area contributed by atoms with Crippen molar-refractivity contribution in [1.29, 1.82) is 0 Å². The molecule has 2 rings (SSSR count). The molecule has 1 heterocycles. The fourth-order valence-electron chi connectivity index (χ4n) is 3.50. The van der Waals surface area contributed by atoms with Gasteiger partial charge in [0.1, 0.15) is 0 Å². The molecular weight excluding hydrogens is 282 g/mol. The molecule has 1 aliphatic heterocycles. The van der Waals surface area contributed by atoms with Gasteiger partial charge in [-0.05, 0) is 25.7 Å². The summed E-state index contributed by atoms with van der Waals surface area (Å²) in [5.41, 5.74) is -0.560. The Kier molecular flexibility index (Phi) is 6.06. The van der Waals surface area contributed by atoms with Crippen LogP contribution in [-0.4, -0.2) is 53.7 Å². The first-order valence-electron chi connectivity index (χ1n) is 8.57. The number of fused-ring (bicyclic) bond motifs is 1. The third-order valence-electron chi connectivity index (χ3n) is 4.92. The number of hydrogen-bond donors (Lipinski definition) is 3. The van der Waals surface area contributed by atoms with Crippen LogP contribution in [0, 0.1) is 5.92 Å². The Morgan fingerprint density at radius 3 is 2.82 bits per heavy atom. The van der Waals surface area contributed by atoms with Crippen LogP contribution in [0.4, 0.5) is 4.79 Å². The maximum atomic E-state index is 12.2. The fourth-order valence-corrected chi connectivity index (χ4v) is 3.50. The van der Waals surface area contributed by atoms with Gasteiger partial charge >= 0.3 is 6.03 Å². The second-order valence-corrected chi connectivity index (χ2v) is 6.57. The van der Waals surface area contributed by atoms with Crippen LogP contribution in [0.15, 0.2) is 0 Å². The third kappa shape index (κ3) is 4.35. The second-order valence-electron chi connectivity index (χ2n) is 6.57. The zero-order valence-electron chi connectivity index (χ0n) is 13.6. The summed E-state index contributed by atoms with van der Waals surface area (Å²) in [6, 6.07) is -0.115. The predicted molar refractivity (Wildman–Crippen MR) is 84.4 cm³/mol. The summed E-state index contributed by atoms with van der Waals surface area (Å²) in [7, 11) is 0. The lowest BCUT2D eigenvalue weighted by atomic mass is 9.71. The van der Waals surface area contributed by atoms with E-state index in [0.29, 0.717) is 39.0 Å². The molecule has 0 aromatic rings. The quantitative estimate of drug-likeness (QED) is 0.714. The average molecular weight is 311 g/mol. The van der Waals surface area contributed by atoms with Crippen molar-refractivity contribution in [2.24, 2.45) is 5.92 Å². The van der Waals surface area contributed by atoms with Crippen molar-refractivity contribution in [3.05, 3.63) is 0 Å². The van der Waals surface area contributed by atoms with Crippen LogP contribution >= 0.6 is 0 Å². The molecule has 0 spiro atoms.